The predicted molar refractivity (Wildman–Crippen MR) is 171 cm³/mol. The van der Waals surface area contributed by atoms with Gasteiger partial charge in [0.15, 0.2) is 0 Å². The Morgan fingerprint density at radius 1 is 0.952 bits per heavy atom. The number of urea groups is 1. The second-order valence-corrected chi connectivity index (χ2v) is 13.2. The van der Waals surface area contributed by atoms with Crippen LogP contribution in [0.2, 0.25) is 5.02 Å². The first kappa shape index (κ1) is 34.5. The minimum Gasteiger partial charge on any atom is -0.354 e. The lowest BCUT2D eigenvalue weighted by Crippen LogP contribution is -2.60. The number of carbonyl (C=O) groups is 3. The van der Waals surface area contributed by atoms with Crippen LogP contribution < -0.4 is 10.6 Å². The summed E-state index contributed by atoms with van der Waals surface area (Å²) in [7, 11) is 3.69. The Morgan fingerprint density at radius 2 is 1.57 bits per heavy atom. The smallest absolute Gasteiger partial charge is 0.319 e. The zero-order chi connectivity index (χ0) is 29.5. The highest BCUT2D eigenvalue weighted by atomic mass is 35.5. The van der Waals surface area contributed by atoms with Crippen LogP contribution in [0, 0.1) is 5.92 Å². The minimum atomic E-state index is -0.333. The topological polar surface area (TPSA) is 85.0 Å². The highest BCUT2D eigenvalue weighted by Gasteiger charge is 2.40. The van der Waals surface area contributed by atoms with E-state index in [-0.39, 0.29) is 60.3 Å². The van der Waals surface area contributed by atoms with Gasteiger partial charge in [0, 0.05) is 63.3 Å². The van der Waals surface area contributed by atoms with Gasteiger partial charge >= 0.3 is 6.03 Å². The van der Waals surface area contributed by atoms with E-state index in [0.717, 1.165) is 50.5 Å². The van der Waals surface area contributed by atoms with Crippen LogP contribution >= 0.6 is 24.0 Å². The van der Waals surface area contributed by atoms with Crippen LogP contribution in [0.15, 0.2) is 24.3 Å². The van der Waals surface area contributed by atoms with Crippen LogP contribution in [-0.2, 0) is 16.0 Å². The fourth-order valence-corrected chi connectivity index (χ4v) is 7.30. The van der Waals surface area contributed by atoms with Crippen molar-refractivity contribution in [2.45, 2.75) is 115 Å². The molecule has 0 bridgehead atoms. The van der Waals surface area contributed by atoms with E-state index in [9.17, 15) is 14.4 Å². The molecule has 4 amide bonds. The molecule has 2 unspecified atom stereocenters. The van der Waals surface area contributed by atoms with Gasteiger partial charge in [-0.1, -0.05) is 49.9 Å². The van der Waals surface area contributed by atoms with Gasteiger partial charge < -0.3 is 25.3 Å². The summed E-state index contributed by atoms with van der Waals surface area (Å²) < 4.78 is 0. The summed E-state index contributed by atoms with van der Waals surface area (Å²) in [5.41, 5.74) is 1.08. The second-order valence-electron chi connectivity index (χ2n) is 12.8. The van der Waals surface area contributed by atoms with Gasteiger partial charge in [0.25, 0.3) is 0 Å². The van der Waals surface area contributed by atoms with Crippen LogP contribution in [0.3, 0.4) is 0 Å². The second kappa shape index (κ2) is 16.2. The van der Waals surface area contributed by atoms with E-state index >= 15 is 0 Å². The standard InChI is InChI=1S/C32H50ClN5O3.ClH/c1-22-21-37(19-18-30(22)38(32(41)36(3)4)28-8-6-5-7-9-28)31(40)29(20-24-10-12-25(33)13-11-24)35-27-16-14-26(15-17-27)34-23(2)39;/h10-13,22,26-30,35H,5-9,14-21H2,1-4H3,(H,34,39);1H/t22?,26?,27?,29-,30?;/m1./s1. The highest BCUT2D eigenvalue weighted by molar-refractivity contribution is 6.30. The molecular weight excluding hydrogens is 573 g/mol. The first-order chi connectivity index (χ1) is 19.6. The highest BCUT2D eigenvalue weighted by Crippen LogP contribution is 2.31. The SMILES string of the molecule is CC(=O)NC1CCC(N[C@H](Cc2ccc(Cl)cc2)C(=O)N2CCC(N(C(=O)N(C)C)C3CCCCC3)C(C)C2)CC1.Cl. The number of nitrogens with zero attached hydrogens (tertiary/aromatic N) is 3. The first-order valence-electron chi connectivity index (χ1n) is 15.7. The third-order valence-corrected chi connectivity index (χ3v) is 9.58. The molecule has 0 aromatic heterocycles. The number of likely N-dealkylation sites (tertiary alicyclic amines) is 1. The molecule has 3 atom stereocenters. The maximum Gasteiger partial charge on any atom is 0.319 e. The maximum absolute atomic E-state index is 14.1. The minimum absolute atomic E-state index is 0. The fraction of sp³-hybridized carbons (Fsp3) is 0.719. The molecule has 1 aliphatic heterocycles. The Morgan fingerprint density at radius 3 is 2.14 bits per heavy atom. The summed E-state index contributed by atoms with van der Waals surface area (Å²) >= 11 is 6.14. The average Bonchev–Trinajstić information content (AvgIpc) is 2.95. The largest absolute Gasteiger partial charge is 0.354 e. The van der Waals surface area contributed by atoms with E-state index in [1.54, 1.807) is 11.8 Å². The predicted octanol–water partition coefficient (Wildman–Crippen LogP) is 5.26. The molecule has 10 heteroatoms. The van der Waals surface area contributed by atoms with Gasteiger partial charge in [-0.15, -0.1) is 12.4 Å². The van der Waals surface area contributed by atoms with E-state index in [2.05, 4.69) is 22.5 Å². The van der Waals surface area contributed by atoms with Crippen molar-refractivity contribution in [1.82, 2.24) is 25.3 Å². The van der Waals surface area contributed by atoms with E-state index in [1.165, 1.54) is 19.3 Å². The van der Waals surface area contributed by atoms with Crippen molar-refractivity contribution in [3.05, 3.63) is 34.9 Å². The number of halogens is 2. The van der Waals surface area contributed by atoms with E-state index in [0.29, 0.717) is 30.6 Å². The van der Waals surface area contributed by atoms with Crippen molar-refractivity contribution in [3.63, 3.8) is 0 Å². The Hall–Kier alpha value is -2.03. The van der Waals surface area contributed by atoms with Gasteiger partial charge in [0.1, 0.15) is 0 Å². The fourth-order valence-electron chi connectivity index (χ4n) is 7.18. The Bertz CT molecular complexity index is 1030. The summed E-state index contributed by atoms with van der Waals surface area (Å²) in [6.45, 7) is 5.08. The van der Waals surface area contributed by atoms with Gasteiger partial charge in [-0.05, 0) is 75.0 Å². The van der Waals surface area contributed by atoms with Crippen molar-refractivity contribution in [3.8, 4) is 0 Å². The molecule has 3 aliphatic rings. The summed E-state index contributed by atoms with van der Waals surface area (Å²) in [6, 6.07) is 8.42. The molecule has 2 N–H and O–H groups in total. The summed E-state index contributed by atoms with van der Waals surface area (Å²) in [4.78, 5) is 44.9. The molecule has 236 valence electrons. The zero-order valence-corrected chi connectivity index (χ0v) is 27.4. The van der Waals surface area contributed by atoms with E-state index < -0.39 is 0 Å². The third kappa shape index (κ3) is 9.23. The van der Waals surface area contributed by atoms with E-state index in [4.69, 9.17) is 11.6 Å². The van der Waals surface area contributed by atoms with Crippen molar-refractivity contribution in [1.29, 1.82) is 0 Å². The lowest BCUT2D eigenvalue weighted by molar-refractivity contribution is -0.136. The maximum atomic E-state index is 14.1. The van der Waals surface area contributed by atoms with Gasteiger partial charge in [0.2, 0.25) is 11.8 Å². The monoisotopic (exact) mass is 623 g/mol. The number of nitrogens with one attached hydrogen (secondary N) is 2. The zero-order valence-electron chi connectivity index (χ0n) is 25.8. The Balaban J connectivity index is 0.00000484. The lowest BCUT2D eigenvalue weighted by atomic mass is 9.87. The van der Waals surface area contributed by atoms with Gasteiger partial charge in [0.05, 0.1) is 6.04 Å². The van der Waals surface area contributed by atoms with Gasteiger partial charge in [-0.2, -0.15) is 0 Å². The molecule has 1 aromatic carbocycles. The normalized spacial score (nSPS) is 25.6. The van der Waals surface area contributed by atoms with Crippen LogP contribution in [0.5, 0.6) is 0 Å². The summed E-state index contributed by atoms with van der Waals surface area (Å²) in [6.07, 6.45) is 10.8. The summed E-state index contributed by atoms with van der Waals surface area (Å²) in [5, 5.41) is 7.45. The van der Waals surface area contributed by atoms with Gasteiger partial charge in [-0.3, -0.25) is 9.59 Å². The summed E-state index contributed by atoms with van der Waals surface area (Å²) in [5.74, 6) is 0.351. The van der Waals surface area contributed by atoms with Crippen LogP contribution in [0.25, 0.3) is 0 Å². The molecule has 2 saturated carbocycles. The number of piperidine rings is 1. The number of hydrogen-bond donors (Lipinski definition) is 2. The van der Waals surface area contributed by atoms with Crippen molar-refractivity contribution >= 4 is 41.9 Å². The molecule has 2 aliphatic carbocycles. The van der Waals surface area contributed by atoms with Crippen molar-refractivity contribution in [2.24, 2.45) is 5.92 Å². The molecular formula is C32H51Cl2N5O3. The Labute approximate surface area is 263 Å². The van der Waals surface area contributed by atoms with Crippen LogP contribution in [0.4, 0.5) is 4.79 Å². The average molecular weight is 625 g/mol. The molecule has 42 heavy (non-hydrogen) atoms. The van der Waals surface area contributed by atoms with Gasteiger partial charge in [-0.25, -0.2) is 4.79 Å². The van der Waals surface area contributed by atoms with Crippen molar-refractivity contribution in [2.75, 3.05) is 27.2 Å². The number of benzene rings is 1. The number of amides is 4. The van der Waals surface area contributed by atoms with E-state index in [1.807, 2.05) is 43.3 Å². The number of hydrogen-bond acceptors (Lipinski definition) is 4. The van der Waals surface area contributed by atoms with Crippen molar-refractivity contribution < 1.29 is 14.4 Å². The number of carbonyl (C=O) groups excluding carboxylic acids is 3. The molecule has 0 radical (unpaired) electrons. The third-order valence-electron chi connectivity index (χ3n) is 9.32. The molecule has 0 spiro atoms. The van der Waals surface area contributed by atoms with Crippen LogP contribution in [0.1, 0.15) is 83.6 Å². The molecule has 3 fully saturated rings. The Kier molecular flexibility index (Phi) is 13.3. The van der Waals surface area contributed by atoms with Crippen LogP contribution in [-0.4, -0.2) is 89.9 Å². The quantitative estimate of drug-likeness (QED) is 0.413. The number of rotatable bonds is 8. The molecule has 1 aromatic rings. The molecule has 8 nitrogen and oxygen atoms in total. The molecule has 1 heterocycles. The first-order valence-corrected chi connectivity index (χ1v) is 16.1. The molecule has 4 rings (SSSR count). The molecule has 1 saturated heterocycles. The lowest BCUT2D eigenvalue weighted by Gasteiger charge is -2.48.